The Kier molecular flexibility index (Phi) is 6.03. The fourth-order valence-corrected chi connectivity index (χ4v) is 3.20. The number of halogens is 2. The van der Waals surface area contributed by atoms with Crippen LogP contribution in [0.3, 0.4) is 0 Å². The van der Waals surface area contributed by atoms with Gasteiger partial charge in [0, 0.05) is 18.8 Å². The first-order valence-electron chi connectivity index (χ1n) is 7.61. The van der Waals surface area contributed by atoms with Crippen molar-refractivity contribution in [2.75, 3.05) is 26.5 Å². The van der Waals surface area contributed by atoms with Crippen molar-refractivity contribution in [3.8, 4) is 11.5 Å². The Morgan fingerprint density at radius 1 is 1.12 bits per heavy atom. The molecule has 0 radical (unpaired) electrons. The number of methoxy groups -OCH3 is 2. The summed E-state index contributed by atoms with van der Waals surface area (Å²) >= 11 is 6.17. The zero-order valence-electron chi connectivity index (χ0n) is 14.0. The van der Waals surface area contributed by atoms with Crippen molar-refractivity contribution >= 4 is 35.6 Å². The van der Waals surface area contributed by atoms with Crippen molar-refractivity contribution in [3.05, 3.63) is 52.0 Å². The zero-order valence-corrected chi connectivity index (χ0v) is 15.6. The molecule has 1 heterocycles. The van der Waals surface area contributed by atoms with E-state index in [0.717, 1.165) is 12.0 Å². The van der Waals surface area contributed by atoms with Crippen LogP contribution in [-0.2, 0) is 13.0 Å². The third-order valence-corrected chi connectivity index (χ3v) is 4.54. The second-order valence-electron chi connectivity index (χ2n) is 5.69. The van der Waals surface area contributed by atoms with Crippen LogP contribution in [0.5, 0.6) is 11.5 Å². The molecule has 2 aromatic rings. The van der Waals surface area contributed by atoms with E-state index in [9.17, 15) is 4.79 Å². The van der Waals surface area contributed by atoms with Gasteiger partial charge in [0.15, 0.2) is 11.5 Å². The van der Waals surface area contributed by atoms with Crippen LogP contribution in [0.4, 0.5) is 5.69 Å². The standard InChI is InChI=1S/C18H19ClN2O3.ClH/c1-23-16-7-11-5-6-21(10-12(11)8-17(16)24-2)18(22)14-4-3-13(20)9-15(14)19;/h3-4,7-9H,5-6,10,20H2,1-2H3;1H. The van der Waals surface area contributed by atoms with E-state index < -0.39 is 0 Å². The van der Waals surface area contributed by atoms with E-state index in [2.05, 4.69) is 0 Å². The first kappa shape index (κ1) is 19.2. The monoisotopic (exact) mass is 382 g/mol. The maximum Gasteiger partial charge on any atom is 0.255 e. The van der Waals surface area contributed by atoms with Crippen LogP contribution in [0.15, 0.2) is 30.3 Å². The summed E-state index contributed by atoms with van der Waals surface area (Å²) < 4.78 is 10.7. The molecule has 1 aliphatic heterocycles. The molecule has 1 aliphatic rings. The number of carbonyl (C=O) groups is 1. The number of benzene rings is 2. The van der Waals surface area contributed by atoms with E-state index in [0.29, 0.717) is 40.9 Å². The lowest BCUT2D eigenvalue weighted by Gasteiger charge is -2.30. The summed E-state index contributed by atoms with van der Waals surface area (Å²) in [4.78, 5) is 14.5. The normalized spacial score (nSPS) is 12.8. The summed E-state index contributed by atoms with van der Waals surface area (Å²) in [5.74, 6) is 1.27. The van der Waals surface area contributed by atoms with Crippen LogP contribution in [0.2, 0.25) is 5.02 Å². The zero-order chi connectivity index (χ0) is 17.3. The Labute approximate surface area is 158 Å². The third kappa shape index (κ3) is 3.78. The Morgan fingerprint density at radius 3 is 2.36 bits per heavy atom. The van der Waals surface area contributed by atoms with Gasteiger partial charge in [-0.15, -0.1) is 12.4 Å². The fraction of sp³-hybridized carbons (Fsp3) is 0.278. The van der Waals surface area contributed by atoms with Gasteiger partial charge in [-0.2, -0.15) is 0 Å². The maximum atomic E-state index is 12.8. The molecule has 0 atom stereocenters. The number of nitrogens with zero attached hydrogens (tertiary/aromatic N) is 1. The van der Waals surface area contributed by atoms with Gasteiger partial charge < -0.3 is 20.1 Å². The molecular formula is C18H20Cl2N2O3. The highest BCUT2D eigenvalue weighted by atomic mass is 35.5. The molecule has 2 aromatic carbocycles. The number of fused-ring (bicyclic) bond motifs is 1. The molecule has 5 nitrogen and oxygen atoms in total. The van der Waals surface area contributed by atoms with E-state index in [1.165, 1.54) is 5.56 Å². The summed E-state index contributed by atoms with van der Waals surface area (Å²) in [6.45, 7) is 1.14. The molecule has 0 aromatic heterocycles. The summed E-state index contributed by atoms with van der Waals surface area (Å²) in [6, 6.07) is 8.86. The van der Waals surface area contributed by atoms with Crippen molar-refractivity contribution in [3.63, 3.8) is 0 Å². The summed E-state index contributed by atoms with van der Waals surface area (Å²) in [5, 5.41) is 0.373. The van der Waals surface area contributed by atoms with Crippen LogP contribution in [0, 0.1) is 0 Å². The number of hydrogen-bond acceptors (Lipinski definition) is 4. The molecule has 25 heavy (non-hydrogen) atoms. The minimum absolute atomic E-state index is 0. The number of nitrogen functional groups attached to an aromatic ring is 1. The summed E-state index contributed by atoms with van der Waals surface area (Å²) in [5.41, 5.74) is 8.92. The van der Waals surface area contributed by atoms with Gasteiger partial charge in [-0.1, -0.05) is 11.6 Å². The highest BCUT2D eigenvalue weighted by Crippen LogP contribution is 2.34. The van der Waals surface area contributed by atoms with Crippen molar-refractivity contribution < 1.29 is 14.3 Å². The van der Waals surface area contributed by atoms with Gasteiger partial charge in [-0.25, -0.2) is 0 Å². The number of rotatable bonds is 3. The van der Waals surface area contributed by atoms with E-state index in [4.69, 9.17) is 26.8 Å². The number of nitrogens with two attached hydrogens (primary N) is 1. The molecule has 7 heteroatoms. The molecular weight excluding hydrogens is 363 g/mol. The van der Waals surface area contributed by atoms with Crippen LogP contribution in [0.25, 0.3) is 0 Å². The number of amides is 1. The molecule has 0 saturated heterocycles. The van der Waals surface area contributed by atoms with Crippen LogP contribution in [0.1, 0.15) is 21.5 Å². The Bertz CT molecular complexity index is 796. The second kappa shape index (κ2) is 7.85. The van der Waals surface area contributed by atoms with Gasteiger partial charge in [-0.05, 0) is 47.9 Å². The first-order valence-corrected chi connectivity index (χ1v) is 7.99. The van der Waals surface area contributed by atoms with Gasteiger partial charge in [0.05, 0.1) is 24.8 Å². The average molecular weight is 383 g/mol. The quantitative estimate of drug-likeness (QED) is 0.824. The smallest absolute Gasteiger partial charge is 0.255 e. The predicted octanol–water partition coefficient (Wildman–Crippen LogP) is 3.56. The maximum absolute atomic E-state index is 12.8. The first-order chi connectivity index (χ1) is 11.5. The fourth-order valence-electron chi connectivity index (χ4n) is 2.93. The molecule has 0 spiro atoms. The van der Waals surface area contributed by atoms with Crippen molar-refractivity contribution in [1.29, 1.82) is 0 Å². The number of hydrogen-bond donors (Lipinski definition) is 1. The average Bonchev–Trinajstić information content (AvgIpc) is 2.59. The molecule has 0 saturated carbocycles. The van der Waals surface area contributed by atoms with Gasteiger partial charge in [-0.3, -0.25) is 4.79 Å². The minimum Gasteiger partial charge on any atom is -0.493 e. The SMILES string of the molecule is COc1cc2c(cc1OC)CN(C(=O)c1ccc(N)cc1Cl)CC2.Cl. The largest absolute Gasteiger partial charge is 0.493 e. The third-order valence-electron chi connectivity index (χ3n) is 4.23. The van der Waals surface area contributed by atoms with E-state index >= 15 is 0 Å². The van der Waals surface area contributed by atoms with Crippen LogP contribution in [-0.4, -0.2) is 31.6 Å². The molecule has 0 fully saturated rings. The number of anilines is 1. The molecule has 2 N–H and O–H groups in total. The molecule has 1 amide bonds. The molecule has 134 valence electrons. The lowest BCUT2D eigenvalue weighted by atomic mass is 9.98. The number of ether oxygens (including phenoxy) is 2. The van der Waals surface area contributed by atoms with Crippen molar-refractivity contribution in [1.82, 2.24) is 4.90 Å². The topological polar surface area (TPSA) is 64.8 Å². The molecule has 0 bridgehead atoms. The van der Waals surface area contributed by atoms with E-state index in [1.807, 2.05) is 12.1 Å². The Hall–Kier alpha value is -2.11. The molecule has 0 aliphatic carbocycles. The molecule has 0 unspecified atom stereocenters. The van der Waals surface area contributed by atoms with Crippen molar-refractivity contribution in [2.24, 2.45) is 0 Å². The minimum atomic E-state index is -0.0968. The van der Waals surface area contributed by atoms with E-state index in [1.54, 1.807) is 37.3 Å². The molecule has 3 rings (SSSR count). The van der Waals surface area contributed by atoms with Crippen molar-refractivity contribution in [2.45, 2.75) is 13.0 Å². The highest BCUT2D eigenvalue weighted by molar-refractivity contribution is 6.34. The lowest BCUT2D eigenvalue weighted by Crippen LogP contribution is -2.36. The van der Waals surface area contributed by atoms with Gasteiger partial charge in [0.2, 0.25) is 0 Å². The van der Waals surface area contributed by atoms with Gasteiger partial charge in [0.1, 0.15) is 0 Å². The summed E-state index contributed by atoms with van der Waals surface area (Å²) in [7, 11) is 3.22. The Morgan fingerprint density at radius 2 is 1.76 bits per heavy atom. The van der Waals surface area contributed by atoms with Crippen LogP contribution < -0.4 is 15.2 Å². The number of carbonyl (C=O) groups excluding carboxylic acids is 1. The van der Waals surface area contributed by atoms with Gasteiger partial charge >= 0.3 is 0 Å². The highest BCUT2D eigenvalue weighted by Gasteiger charge is 2.24. The Balaban J connectivity index is 0.00000225. The summed E-state index contributed by atoms with van der Waals surface area (Å²) in [6.07, 6.45) is 0.758. The van der Waals surface area contributed by atoms with Crippen LogP contribution >= 0.6 is 24.0 Å². The second-order valence-corrected chi connectivity index (χ2v) is 6.10. The predicted molar refractivity (Wildman–Crippen MR) is 101 cm³/mol. The van der Waals surface area contributed by atoms with E-state index in [-0.39, 0.29) is 18.3 Å². The lowest BCUT2D eigenvalue weighted by molar-refractivity contribution is 0.0734. The van der Waals surface area contributed by atoms with Gasteiger partial charge in [0.25, 0.3) is 5.91 Å².